The van der Waals surface area contributed by atoms with Crippen LogP contribution in [0.3, 0.4) is 0 Å². The van der Waals surface area contributed by atoms with E-state index in [1.165, 1.54) is 4.90 Å². The van der Waals surface area contributed by atoms with Gasteiger partial charge in [0.2, 0.25) is 5.91 Å². The number of ether oxygens (including phenoxy) is 1. The fourth-order valence-corrected chi connectivity index (χ4v) is 4.65. The third-order valence-corrected chi connectivity index (χ3v) is 6.33. The molecule has 1 N–H and O–H groups in total. The quantitative estimate of drug-likeness (QED) is 0.463. The third kappa shape index (κ3) is 3.17. The predicted molar refractivity (Wildman–Crippen MR) is 118 cm³/mol. The van der Waals surface area contributed by atoms with Crippen LogP contribution in [0.25, 0.3) is 10.9 Å². The molecular formula is C23H22Cl2N2O3. The van der Waals surface area contributed by atoms with Crippen LogP contribution in [0.4, 0.5) is 0 Å². The second-order valence-electron chi connectivity index (χ2n) is 7.49. The molecule has 2 aromatic carbocycles. The van der Waals surface area contributed by atoms with Gasteiger partial charge in [0, 0.05) is 28.4 Å². The Balaban J connectivity index is 2.01. The number of alkyl halides is 1. The number of rotatable bonds is 4. The highest BCUT2D eigenvalue weighted by atomic mass is 35.5. The summed E-state index contributed by atoms with van der Waals surface area (Å²) in [5.41, 5.74) is 2.24. The van der Waals surface area contributed by atoms with Crippen LogP contribution in [0.1, 0.15) is 36.6 Å². The summed E-state index contributed by atoms with van der Waals surface area (Å²) in [5, 5.41) is 1.65. The van der Waals surface area contributed by atoms with E-state index >= 15 is 0 Å². The molecule has 3 aromatic rings. The lowest BCUT2D eigenvalue weighted by Gasteiger charge is -2.45. The first-order chi connectivity index (χ1) is 14.4. The highest BCUT2D eigenvalue weighted by molar-refractivity contribution is 6.30. The summed E-state index contributed by atoms with van der Waals surface area (Å²) in [4.78, 5) is 31.0. The van der Waals surface area contributed by atoms with Crippen molar-refractivity contribution in [3.05, 3.63) is 70.4 Å². The smallest absolute Gasteiger partial charge is 0.338 e. The lowest BCUT2D eigenvalue weighted by atomic mass is 9.78. The van der Waals surface area contributed by atoms with Crippen LogP contribution in [-0.2, 0) is 19.9 Å². The Labute approximate surface area is 184 Å². The number of H-pyrrole nitrogens is 1. The van der Waals surface area contributed by atoms with Crippen molar-refractivity contribution >= 4 is 46.0 Å². The second-order valence-corrected chi connectivity index (χ2v) is 8.20. The van der Waals surface area contributed by atoms with Crippen molar-refractivity contribution in [1.82, 2.24) is 9.88 Å². The molecule has 156 valence electrons. The van der Waals surface area contributed by atoms with Crippen molar-refractivity contribution in [3.63, 3.8) is 0 Å². The molecule has 0 unspecified atom stereocenters. The molecule has 7 heteroatoms. The largest absolute Gasteiger partial charge is 0.464 e. The fourth-order valence-electron chi connectivity index (χ4n) is 4.38. The zero-order chi connectivity index (χ0) is 21.5. The Bertz CT molecular complexity index is 1110. The van der Waals surface area contributed by atoms with E-state index in [1.807, 2.05) is 48.5 Å². The van der Waals surface area contributed by atoms with E-state index in [0.717, 1.165) is 22.0 Å². The Morgan fingerprint density at radius 1 is 1.20 bits per heavy atom. The molecular weight excluding hydrogens is 423 g/mol. The molecule has 1 aromatic heterocycles. The summed E-state index contributed by atoms with van der Waals surface area (Å²) in [6.45, 7) is 3.99. The zero-order valence-electron chi connectivity index (χ0n) is 16.7. The van der Waals surface area contributed by atoms with Gasteiger partial charge in [-0.05, 0) is 43.2 Å². The normalized spacial score (nSPS) is 20.8. The number of fused-ring (bicyclic) bond motifs is 3. The second kappa shape index (κ2) is 7.97. The first-order valence-corrected chi connectivity index (χ1v) is 10.7. The fraction of sp³-hybridized carbons (Fsp3) is 0.304. The van der Waals surface area contributed by atoms with Crippen molar-refractivity contribution in [2.75, 3.05) is 19.0 Å². The summed E-state index contributed by atoms with van der Waals surface area (Å²) in [6, 6.07) is 15.5. The molecule has 30 heavy (non-hydrogen) atoms. The number of carbonyl (C=O) groups excluding carboxylic acids is 2. The number of esters is 1. The van der Waals surface area contributed by atoms with Crippen LogP contribution >= 0.6 is 23.2 Å². The van der Waals surface area contributed by atoms with Gasteiger partial charge in [-0.1, -0.05) is 41.9 Å². The van der Waals surface area contributed by atoms with Crippen LogP contribution in [0, 0.1) is 0 Å². The number of halogens is 2. The Kier molecular flexibility index (Phi) is 5.51. The van der Waals surface area contributed by atoms with Gasteiger partial charge in [-0.25, -0.2) is 4.79 Å². The Morgan fingerprint density at radius 2 is 1.90 bits per heavy atom. The number of carbonyl (C=O) groups is 2. The number of hydrogen-bond donors (Lipinski definition) is 1. The van der Waals surface area contributed by atoms with Crippen LogP contribution in [0.15, 0.2) is 48.5 Å². The maximum absolute atomic E-state index is 13.2. The van der Waals surface area contributed by atoms with Crippen molar-refractivity contribution < 1.29 is 14.3 Å². The summed E-state index contributed by atoms with van der Waals surface area (Å²) in [5.74, 6) is -1.18. The maximum atomic E-state index is 13.2. The molecule has 0 saturated carbocycles. The number of aromatic nitrogens is 1. The molecule has 0 saturated heterocycles. The van der Waals surface area contributed by atoms with Gasteiger partial charge in [0.25, 0.3) is 0 Å². The first kappa shape index (κ1) is 20.8. The molecule has 0 spiro atoms. The number of hydrogen-bond acceptors (Lipinski definition) is 3. The molecule has 5 nitrogen and oxygen atoms in total. The van der Waals surface area contributed by atoms with Gasteiger partial charge in [0.1, 0.15) is 5.88 Å². The minimum absolute atomic E-state index is 0.150. The van der Waals surface area contributed by atoms with Crippen LogP contribution in [-0.4, -0.2) is 40.8 Å². The lowest BCUT2D eigenvalue weighted by molar-refractivity contribution is -0.164. The highest BCUT2D eigenvalue weighted by Gasteiger charge is 2.52. The van der Waals surface area contributed by atoms with Crippen LogP contribution < -0.4 is 0 Å². The van der Waals surface area contributed by atoms with E-state index in [-0.39, 0.29) is 24.3 Å². The molecule has 1 aliphatic heterocycles. The summed E-state index contributed by atoms with van der Waals surface area (Å²) >= 11 is 12.0. The molecule has 2 atom stereocenters. The molecule has 4 rings (SSSR count). The van der Waals surface area contributed by atoms with Crippen molar-refractivity contribution in [2.45, 2.75) is 25.3 Å². The average Bonchev–Trinajstić information content (AvgIpc) is 3.15. The van der Waals surface area contributed by atoms with Gasteiger partial charge in [-0.2, -0.15) is 0 Å². The lowest BCUT2D eigenvalue weighted by Crippen LogP contribution is -2.58. The standard InChI is InChI=1S/C23H22Cl2N2O3/c1-3-30-22(29)23(2)21-20(16-6-4-5-7-18(16)26-21)17(13-27(23)19(28)12-24)14-8-10-15(25)11-9-14/h4-11,17,26H,3,12-13H2,1-2H3/t17-,23-/m1/s1. The molecule has 0 aliphatic carbocycles. The summed E-state index contributed by atoms with van der Waals surface area (Å²) in [6.07, 6.45) is 0. The summed E-state index contributed by atoms with van der Waals surface area (Å²) in [7, 11) is 0. The van der Waals surface area contributed by atoms with E-state index < -0.39 is 11.5 Å². The summed E-state index contributed by atoms with van der Waals surface area (Å²) < 4.78 is 5.41. The monoisotopic (exact) mass is 444 g/mol. The number of nitrogens with zero attached hydrogens (tertiary/aromatic N) is 1. The molecule has 1 amide bonds. The highest BCUT2D eigenvalue weighted by Crippen LogP contribution is 2.46. The number of para-hydroxylation sites is 1. The number of amides is 1. The third-order valence-electron chi connectivity index (χ3n) is 5.85. The van der Waals surface area contributed by atoms with Gasteiger partial charge >= 0.3 is 5.97 Å². The van der Waals surface area contributed by atoms with Crippen molar-refractivity contribution in [3.8, 4) is 0 Å². The zero-order valence-corrected chi connectivity index (χ0v) is 18.3. The van der Waals surface area contributed by atoms with E-state index in [2.05, 4.69) is 4.98 Å². The SMILES string of the molecule is CCOC(=O)[C@@]1(C)c2[nH]c3ccccc3c2[C@@H](c2ccc(Cl)cc2)CN1C(=O)CCl. The van der Waals surface area contributed by atoms with Crippen molar-refractivity contribution in [1.29, 1.82) is 0 Å². The van der Waals surface area contributed by atoms with Crippen molar-refractivity contribution in [2.24, 2.45) is 0 Å². The van der Waals surface area contributed by atoms with Crippen LogP contribution in [0.2, 0.25) is 5.02 Å². The van der Waals surface area contributed by atoms with Gasteiger partial charge in [-0.3, -0.25) is 4.79 Å². The molecule has 0 bridgehead atoms. The van der Waals surface area contributed by atoms with Crippen LogP contribution in [0.5, 0.6) is 0 Å². The Morgan fingerprint density at radius 3 is 2.57 bits per heavy atom. The van der Waals surface area contributed by atoms with Gasteiger partial charge in [-0.15, -0.1) is 11.6 Å². The molecule has 2 heterocycles. The number of aromatic amines is 1. The minimum Gasteiger partial charge on any atom is -0.464 e. The minimum atomic E-state index is -1.31. The average molecular weight is 445 g/mol. The van der Waals surface area contributed by atoms with E-state index in [9.17, 15) is 9.59 Å². The maximum Gasteiger partial charge on any atom is 0.338 e. The van der Waals surface area contributed by atoms with E-state index in [1.54, 1.807) is 13.8 Å². The van der Waals surface area contributed by atoms with E-state index in [0.29, 0.717) is 17.3 Å². The number of nitrogens with one attached hydrogen (secondary N) is 1. The topological polar surface area (TPSA) is 62.4 Å². The predicted octanol–water partition coefficient (Wildman–Crippen LogP) is 4.81. The van der Waals surface area contributed by atoms with Gasteiger partial charge in [0.05, 0.1) is 12.3 Å². The Hall–Kier alpha value is -2.50. The molecule has 1 aliphatic rings. The first-order valence-electron chi connectivity index (χ1n) is 9.82. The van der Waals surface area contributed by atoms with Gasteiger partial charge in [0.15, 0.2) is 5.54 Å². The number of benzene rings is 2. The van der Waals surface area contributed by atoms with E-state index in [4.69, 9.17) is 27.9 Å². The molecule has 0 fully saturated rings. The van der Waals surface area contributed by atoms with Gasteiger partial charge < -0.3 is 14.6 Å². The molecule has 0 radical (unpaired) electrons.